The maximum atomic E-state index is 12.9. The van der Waals surface area contributed by atoms with Crippen molar-refractivity contribution < 1.29 is 29.2 Å². The summed E-state index contributed by atoms with van der Waals surface area (Å²) in [5, 5.41) is 24.0. The summed E-state index contributed by atoms with van der Waals surface area (Å²) in [5.74, 6) is -1.98. The van der Waals surface area contributed by atoms with Crippen molar-refractivity contribution in [1.29, 1.82) is 0 Å². The first-order chi connectivity index (χ1) is 12.1. The Morgan fingerprint density at radius 1 is 1.12 bits per heavy atom. The van der Waals surface area contributed by atoms with E-state index in [2.05, 4.69) is 15.4 Å². The van der Waals surface area contributed by atoms with Crippen LogP contribution in [-0.2, 0) is 14.3 Å². The van der Waals surface area contributed by atoms with Crippen molar-refractivity contribution in [2.75, 3.05) is 13.7 Å². The Morgan fingerprint density at radius 3 is 2.19 bits per heavy atom. The lowest BCUT2D eigenvalue weighted by molar-refractivity contribution is -0.141. The van der Waals surface area contributed by atoms with Crippen LogP contribution >= 0.6 is 0 Å². The second kappa shape index (κ2) is 9.77. The molecule has 1 heterocycles. The van der Waals surface area contributed by atoms with Gasteiger partial charge in [0, 0.05) is 6.54 Å². The van der Waals surface area contributed by atoms with Crippen LogP contribution in [0.25, 0.3) is 0 Å². The van der Waals surface area contributed by atoms with E-state index in [-0.39, 0.29) is 17.7 Å². The lowest BCUT2D eigenvalue weighted by Gasteiger charge is -2.31. The highest BCUT2D eigenvalue weighted by Crippen LogP contribution is 2.21. The van der Waals surface area contributed by atoms with Gasteiger partial charge in [-0.15, -0.1) is 0 Å². The molecule has 1 rings (SSSR count). The fourth-order valence-corrected chi connectivity index (χ4v) is 3.03. The van der Waals surface area contributed by atoms with Gasteiger partial charge in [-0.3, -0.25) is 9.59 Å². The molecule has 0 bridgehead atoms. The molecular weight excluding hydrogens is 341 g/mol. The summed E-state index contributed by atoms with van der Waals surface area (Å²) >= 11 is 0. The number of carbonyl (C=O) groups is 3. The second-order valence-corrected chi connectivity index (χ2v) is 7.24. The minimum atomic E-state index is -1.69. The van der Waals surface area contributed by atoms with E-state index in [0.717, 1.165) is 0 Å². The largest absolute Gasteiger partial charge is 0.475 e. The van der Waals surface area contributed by atoms with Gasteiger partial charge in [0.15, 0.2) is 0 Å². The van der Waals surface area contributed by atoms with Crippen LogP contribution < -0.4 is 10.6 Å². The van der Waals surface area contributed by atoms with Crippen molar-refractivity contribution in [1.82, 2.24) is 15.5 Å². The minimum Gasteiger partial charge on any atom is -0.453 e. The molecule has 1 saturated heterocycles. The van der Waals surface area contributed by atoms with E-state index in [1.54, 1.807) is 27.7 Å². The zero-order chi connectivity index (χ0) is 20.0. The van der Waals surface area contributed by atoms with Gasteiger partial charge in [0.1, 0.15) is 12.1 Å². The van der Waals surface area contributed by atoms with Crippen LogP contribution in [0, 0.1) is 11.8 Å². The predicted molar refractivity (Wildman–Crippen MR) is 95.9 cm³/mol. The summed E-state index contributed by atoms with van der Waals surface area (Å²) in [6.07, 6.45) is 0.425. The average Bonchev–Trinajstić information content (AvgIpc) is 3.05. The van der Waals surface area contributed by atoms with Crippen LogP contribution in [0.15, 0.2) is 0 Å². The zero-order valence-electron chi connectivity index (χ0n) is 16.1. The third-order valence-electron chi connectivity index (χ3n) is 4.58. The monoisotopic (exact) mass is 371 g/mol. The number of nitrogens with zero attached hydrogens (tertiary/aromatic N) is 1. The van der Waals surface area contributed by atoms with Crippen molar-refractivity contribution in [3.05, 3.63) is 0 Å². The van der Waals surface area contributed by atoms with Gasteiger partial charge >= 0.3 is 13.2 Å². The van der Waals surface area contributed by atoms with Crippen LogP contribution in [0.5, 0.6) is 0 Å². The molecule has 1 aliphatic heterocycles. The molecule has 0 spiro atoms. The van der Waals surface area contributed by atoms with E-state index in [1.165, 1.54) is 12.0 Å². The van der Waals surface area contributed by atoms with E-state index in [1.807, 2.05) is 0 Å². The Morgan fingerprint density at radius 2 is 1.73 bits per heavy atom. The van der Waals surface area contributed by atoms with E-state index in [4.69, 9.17) is 0 Å². The molecular formula is C16H30BN3O6. The molecule has 4 N–H and O–H groups in total. The predicted octanol–water partition coefficient (Wildman–Crippen LogP) is -0.489. The molecule has 0 aromatic rings. The standard InChI is InChI=1S/C16H30BN3O6/c1-9(2)12(18-16(23)26-5)15(22)20-8-6-7-11(20)14(21)19-13(10(3)4)17(24)25/h9-13,24-25H,6-8H2,1-5H3,(H,18,23)(H,19,21)/t11-,12?,13?/m0/s1. The number of methoxy groups -OCH3 is 1. The Balaban J connectivity index is 2.89. The Bertz CT molecular complexity index is 506. The third-order valence-corrected chi connectivity index (χ3v) is 4.58. The van der Waals surface area contributed by atoms with Gasteiger partial charge in [-0.05, 0) is 24.7 Å². The molecule has 0 radical (unpaired) electrons. The molecule has 2 unspecified atom stereocenters. The number of ether oxygens (including phenoxy) is 1. The number of hydrogen-bond acceptors (Lipinski definition) is 6. The highest BCUT2D eigenvalue weighted by molar-refractivity contribution is 6.43. The fourth-order valence-electron chi connectivity index (χ4n) is 3.03. The Hall–Kier alpha value is -1.81. The summed E-state index contributed by atoms with van der Waals surface area (Å²) < 4.78 is 4.57. The first-order valence-corrected chi connectivity index (χ1v) is 8.91. The molecule has 1 fully saturated rings. The molecule has 3 amide bonds. The van der Waals surface area contributed by atoms with Gasteiger partial charge in [-0.1, -0.05) is 27.7 Å². The molecule has 148 valence electrons. The van der Waals surface area contributed by atoms with Crippen LogP contribution in [0.3, 0.4) is 0 Å². The summed E-state index contributed by atoms with van der Waals surface area (Å²) in [4.78, 5) is 38.5. The maximum Gasteiger partial charge on any atom is 0.475 e. The molecule has 0 aromatic heterocycles. The number of nitrogens with one attached hydrogen (secondary N) is 2. The third kappa shape index (κ3) is 5.60. The molecule has 1 aliphatic rings. The highest BCUT2D eigenvalue weighted by Gasteiger charge is 2.40. The van der Waals surface area contributed by atoms with Gasteiger partial charge in [-0.2, -0.15) is 0 Å². The summed E-state index contributed by atoms with van der Waals surface area (Å²) in [7, 11) is -0.468. The number of carbonyl (C=O) groups excluding carboxylic acids is 3. The fraction of sp³-hybridized carbons (Fsp3) is 0.812. The lowest BCUT2D eigenvalue weighted by atomic mass is 9.73. The van der Waals surface area contributed by atoms with Crippen molar-refractivity contribution in [3.63, 3.8) is 0 Å². The first-order valence-electron chi connectivity index (χ1n) is 8.91. The summed E-state index contributed by atoms with van der Waals surface area (Å²) in [6, 6.07) is -1.51. The number of likely N-dealkylation sites (tertiary alicyclic amines) is 1. The molecule has 3 atom stereocenters. The molecule has 26 heavy (non-hydrogen) atoms. The smallest absolute Gasteiger partial charge is 0.453 e. The van der Waals surface area contributed by atoms with Crippen LogP contribution in [-0.4, -0.2) is 71.7 Å². The van der Waals surface area contributed by atoms with Gasteiger partial charge < -0.3 is 30.3 Å². The minimum absolute atomic E-state index is 0.186. The molecule has 0 saturated carbocycles. The average molecular weight is 371 g/mol. The van der Waals surface area contributed by atoms with Crippen LogP contribution in [0.4, 0.5) is 4.79 Å². The SMILES string of the molecule is COC(=O)NC(C(=O)N1CCC[C@H]1C(=O)NC(B(O)O)C(C)C)C(C)C. The van der Waals surface area contributed by atoms with E-state index in [0.29, 0.717) is 19.4 Å². The van der Waals surface area contributed by atoms with Gasteiger partial charge in [0.2, 0.25) is 11.8 Å². The van der Waals surface area contributed by atoms with Crippen molar-refractivity contribution in [3.8, 4) is 0 Å². The van der Waals surface area contributed by atoms with Gasteiger partial charge in [0.05, 0.1) is 13.1 Å². The maximum absolute atomic E-state index is 12.9. The Kier molecular flexibility index (Phi) is 8.36. The number of rotatable bonds is 7. The number of amides is 3. The molecule has 0 aliphatic carbocycles. The van der Waals surface area contributed by atoms with Gasteiger partial charge in [-0.25, -0.2) is 4.79 Å². The van der Waals surface area contributed by atoms with Crippen molar-refractivity contribution in [2.45, 2.75) is 58.6 Å². The first kappa shape index (κ1) is 22.2. The quantitative estimate of drug-likeness (QED) is 0.447. The molecule has 0 aromatic carbocycles. The van der Waals surface area contributed by atoms with E-state index >= 15 is 0 Å². The van der Waals surface area contributed by atoms with Crippen LogP contribution in [0.1, 0.15) is 40.5 Å². The zero-order valence-corrected chi connectivity index (χ0v) is 16.1. The molecule has 10 heteroatoms. The summed E-state index contributed by atoms with van der Waals surface area (Å²) in [6.45, 7) is 7.51. The highest BCUT2D eigenvalue weighted by atomic mass is 16.5. The summed E-state index contributed by atoms with van der Waals surface area (Å²) in [5.41, 5.74) is 0. The molecule has 9 nitrogen and oxygen atoms in total. The number of hydrogen-bond donors (Lipinski definition) is 4. The van der Waals surface area contributed by atoms with Gasteiger partial charge in [0.25, 0.3) is 0 Å². The number of alkyl carbamates (subject to hydrolysis) is 1. The Labute approximate surface area is 154 Å². The lowest BCUT2D eigenvalue weighted by Crippen LogP contribution is -2.58. The normalized spacial score (nSPS) is 19.3. The van der Waals surface area contributed by atoms with E-state index < -0.39 is 37.1 Å². The second-order valence-electron chi connectivity index (χ2n) is 7.24. The van der Waals surface area contributed by atoms with Crippen LogP contribution in [0.2, 0.25) is 0 Å². The van der Waals surface area contributed by atoms with Crippen molar-refractivity contribution in [2.24, 2.45) is 11.8 Å². The van der Waals surface area contributed by atoms with Crippen molar-refractivity contribution >= 4 is 25.0 Å². The van der Waals surface area contributed by atoms with E-state index in [9.17, 15) is 24.4 Å². The topological polar surface area (TPSA) is 128 Å².